The van der Waals surface area contributed by atoms with Crippen LogP contribution in [0.15, 0.2) is 39.7 Å². The Labute approximate surface area is 106 Å². The maximum absolute atomic E-state index is 11.3. The minimum absolute atomic E-state index is 0.0487. The lowest BCUT2D eigenvalue weighted by Crippen LogP contribution is -1.98. The number of hydrogen-bond acceptors (Lipinski definition) is 3. The Kier molecular flexibility index (Phi) is 1.93. The number of hydrogen-bond donors (Lipinski definition) is 1. The molecule has 0 saturated carbocycles. The summed E-state index contributed by atoms with van der Waals surface area (Å²) in [6, 6.07) is 8.59. The van der Waals surface area contributed by atoms with Crippen molar-refractivity contribution in [3.8, 4) is 0 Å². The third-order valence-corrected chi connectivity index (χ3v) is 5.57. The highest BCUT2D eigenvalue weighted by Gasteiger charge is 2.32. The minimum atomic E-state index is 0.0487. The Balaban J connectivity index is 1.89. The first-order chi connectivity index (χ1) is 8.31. The molecule has 2 nitrogen and oxygen atoms in total. The lowest BCUT2D eigenvalue weighted by molar-refractivity contribution is 1.09. The Morgan fingerprint density at radius 2 is 2.18 bits per heavy atom. The molecule has 1 unspecified atom stereocenters. The zero-order valence-electron chi connectivity index (χ0n) is 8.90. The van der Waals surface area contributed by atoms with Crippen LogP contribution in [0.5, 0.6) is 0 Å². The van der Waals surface area contributed by atoms with Gasteiger partial charge in [-0.2, -0.15) is 0 Å². The molecule has 0 bridgehead atoms. The normalized spacial score (nSPS) is 20.5. The fraction of sp³-hybridized carbons (Fsp3) is 0.154. The van der Waals surface area contributed by atoms with Gasteiger partial charge in [0.05, 0.1) is 15.2 Å². The summed E-state index contributed by atoms with van der Waals surface area (Å²) in [5.74, 6) is 0. The fourth-order valence-corrected chi connectivity index (χ4v) is 4.79. The second-order valence-electron chi connectivity index (χ2n) is 4.30. The molecule has 1 atom stereocenters. The van der Waals surface area contributed by atoms with Gasteiger partial charge in [0.2, 0.25) is 0 Å². The molecule has 1 aliphatic heterocycles. The molecular weight excluding hydrogens is 250 g/mol. The molecule has 4 heteroatoms. The van der Waals surface area contributed by atoms with Gasteiger partial charge >= 0.3 is 4.87 Å². The zero-order valence-corrected chi connectivity index (χ0v) is 10.5. The smallest absolute Gasteiger partial charge is 0.305 e. The van der Waals surface area contributed by atoms with E-state index in [-0.39, 0.29) is 4.87 Å². The summed E-state index contributed by atoms with van der Waals surface area (Å²) in [5, 5.41) is 1.44. The molecular formula is C13H9NOS2. The van der Waals surface area contributed by atoms with E-state index in [1.807, 2.05) is 0 Å². The van der Waals surface area contributed by atoms with E-state index < -0.39 is 0 Å². The topological polar surface area (TPSA) is 32.9 Å². The average molecular weight is 259 g/mol. The number of H-pyrrole nitrogens is 1. The minimum Gasteiger partial charge on any atom is -0.307 e. The van der Waals surface area contributed by atoms with Crippen molar-refractivity contribution in [3.63, 3.8) is 0 Å². The van der Waals surface area contributed by atoms with E-state index in [9.17, 15) is 4.79 Å². The van der Waals surface area contributed by atoms with Gasteiger partial charge in [0, 0.05) is 0 Å². The number of rotatable bonds is 0. The average Bonchev–Trinajstić information content (AvgIpc) is 2.84. The van der Waals surface area contributed by atoms with Gasteiger partial charge in [0.15, 0.2) is 0 Å². The number of benzene rings is 1. The van der Waals surface area contributed by atoms with E-state index in [0.717, 1.165) is 16.3 Å². The molecule has 0 spiro atoms. The summed E-state index contributed by atoms with van der Waals surface area (Å²) in [4.78, 5) is 15.4. The highest BCUT2D eigenvalue weighted by Crippen LogP contribution is 2.52. The largest absolute Gasteiger partial charge is 0.307 e. The lowest BCUT2D eigenvalue weighted by atomic mass is 10.1. The van der Waals surface area contributed by atoms with Gasteiger partial charge in [-0.1, -0.05) is 47.4 Å². The van der Waals surface area contributed by atoms with E-state index in [4.69, 9.17) is 0 Å². The summed E-state index contributed by atoms with van der Waals surface area (Å²) in [7, 11) is 0. The standard InChI is InChI=1S/C13H9NOS2/c15-13-14-12-10(16-13)6-8-5-7-3-1-2-4-9(7)11(8)17-12/h1-4,6,11H,5H2,(H,14,15). The van der Waals surface area contributed by atoms with Crippen molar-refractivity contribution in [2.75, 3.05) is 0 Å². The highest BCUT2D eigenvalue weighted by molar-refractivity contribution is 8.00. The van der Waals surface area contributed by atoms with Crippen LogP contribution in [0.2, 0.25) is 0 Å². The highest BCUT2D eigenvalue weighted by atomic mass is 32.2. The van der Waals surface area contributed by atoms with Crippen LogP contribution in [-0.2, 0) is 6.42 Å². The van der Waals surface area contributed by atoms with E-state index in [2.05, 4.69) is 35.3 Å². The van der Waals surface area contributed by atoms with Gasteiger partial charge in [-0.25, -0.2) is 0 Å². The van der Waals surface area contributed by atoms with Gasteiger partial charge < -0.3 is 4.98 Å². The molecule has 84 valence electrons. The summed E-state index contributed by atoms with van der Waals surface area (Å²) >= 11 is 3.09. The molecule has 1 aromatic heterocycles. The van der Waals surface area contributed by atoms with Gasteiger partial charge in [0.1, 0.15) is 0 Å². The van der Waals surface area contributed by atoms with Crippen molar-refractivity contribution in [3.05, 3.63) is 55.5 Å². The molecule has 1 N–H and O–H groups in total. The summed E-state index contributed by atoms with van der Waals surface area (Å²) in [6.07, 6.45) is 3.22. The Bertz CT molecular complexity index is 695. The third-order valence-electron chi connectivity index (χ3n) is 3.26. The summed E-state index contributed by atoms with van der Waals surface area (Å²) in [6.45, 7) is 0. The molecule has 2 aromatic rings. The molecule has 1 aliphatic carbocycles. The van der Waals surface area contributed by atoms with Gasteiger partial charge in [0.25, 0.3) is 0 Å². The second-order valence-corrected chi connectivity index (χ2v) is 6.43. The van der Waals surface area contributed by atoms with Crippen molar-refractivity contribution in [1.29, 1.82) is 0 Å². The summed E-state index contributed by atoms with van der Waals surface area (Å²) < 4.78 is 0. The van der Waals surface area contributed by atoms with Crippen LogP contribution in [0.3, 0.4) is 0 Å². The third kappa shape index (κ3) is 1.37. The maximum atomic E-state index is 11.3. The Hall–Kier alpha value is -1.26. The first-order valence-electron chi connectivity index (χ1n) is 5.49. The molecule has 1 aromatic carbocycles. The van der Waals surface area contributed by atoms with Crippen molar-refractivity contribution >= 4 is 29.2 Å². The van der Waals surface area contributed by atoms with Crippen molar-refractivity contribution < 1.29 is 0 Å². The number of aromatic nitrogens is 1. The van der Waals surface area contributed by atoms with Crippen LogP contribution in [0.25, 0.3) is 6.08 Å². The van der Waals surface area contributed by atoms with Crippen molar-refractivity contribution in [1.82, 2.24) is 4.98 Å². The van der Waals surface area contributed by atoms with Gasteiger partial charge in [-0.15, -0.1) is 0 Å². The van der Waals surface area contributed by atoms with Crippen LogP contribution < -0.4 is 4.87 Å². The van der Waals surface area contributed by atoms with E-state index in [1.54, 1.807) is 11.8 Å². The monoisotopic (exact) mass is 259 g/mol. The van der Waals surface area contributed by atoms with E-state index in [0.29, 0.717) is 5.25 Å². The molecule has 0 fully saturated rings. The summed E-state index contributed by atoms with van der Waals surface area (Å²) in [5.41, 5.74) is 4.26. The fourth-order valence-electron chi connectivity index (χ4n) is 2.52. The molecule has 0 radical (unpaired) electrons. The Morgan fingerprint density at radius 1 is 1.29 bits per heavy atom. The van der Waals surface area contributed by atoms with E-state index >= 15 is 0 Å². The first kappa shape index (κ1) is 9.74. The maximum Gasteiger partial charge on any atom is 0.305 e. The SMILES string of the molecule is O=c1[nH]c2c(s1)C=C1Cc3ccccc3C1S2. The second kappa shape index (κ2) is 3.37. The quantitative estimate of drug-likeness (QED) is 0.788. The number of aromatic amines is 1. The number of fused-ring (bicyclic) bond motifs is 4. The van der Waals surface area contributed by atoms with E-state index in [1.165, 1.54) is 28.0 Å². The number of thiazole rings is 1. The lowest BCUT2D eigenvalue weighted by Gasteiger charge is -2.17. The predicted molar refractivity (Wildman–Crippen MR) is 71.7 cm³/mol. The molecule has 0 amide bonds. The molecule has 0 saturated heterocycles. The Morgan fingerprint density at radius 3 is 3.12 bits per heavy atom. The molecule has 17 heavy (non-hydrogen) atoms. The van der Waals surface area contributed by atoms with Crippen LogP contribution in [0.1, 0.15) is 21.3 Å². The van der Waals surface area contributed by atoms with Crippen LogP contribution in [0, 0.1) is 0 Å². The first-order valence-corrected chi connectivity index (χ1v) is 7.19. The number of thioether (sulfide) groups is 1. The van der Waals surface area contributed by atoms with Crippen LogP contribution in [-0.4, -0.2) is 4.98 Å². The molecule has 4 rings (SSSR count). The molecule has 2 aliphatic rings. The van der Waals surface area contributed by atoms with Crippen molar-refractivity contribution in [2.24, 2.45) is 0 Å². The molecule has 2 heterocycles. The van der Waals surface area contributed by atoms with Crippen molar-refractivity contribution in [2.45, 2.75) is 16.7 Å². The van der Waals surface area contributed by atoms with Crippen LogP contribution in [0.4, 0.5) is 0 Å². The van der Waals surface area contributed by atoms with Gasteiger partial charge in [-0.05, 0) is 29.2 Å². The number of nitrogens with one attached hydrogen (secondary N) is 1. The zero-order chi connectivity index (χ0) is 11.4. The van der Waals surface area contributed by atoms with Crippen LogP contribution >= 0.6 is 23.1 Å². The van der Waals surface area contributed by atoms with Gasteiger partial charge in [-0.3, -0.25) is 4.79 Å². The predicted octanol–water partition coefficient (Wildman–Crippen LogP) is 3.22.